The molecule has 3 atom stereocenters. The number of aliphatic hydroxyl groups excluding tert-OH is 1. The van der Waals surface area contributed by atoms with E-state index in [1.165, 1.54) is 10.5 Å². The minimum Gasteiger partial charge on any atom is -0.489 e. The molecule has 1 aromatic carbocycles. The van der Waals surface area contributed by atoms with Crippen LogP contribution in [0, 0.1) is 25.7 Å². The van der Waals surface area contributed by atoms with Gasteiger partial charge in [0.1, 0.15) is 25.4 Å². The first-order chi connectivity index (χ1) is 14.4. The van der Waals surface area contributed by atoms with Gasteiger partial charge >= 0.3 is 0 Å². The van der Waals surface area contributed by atoms with Gasteiger partial charge in [-0.3, -0.25) is 4.79 Å². The van der Waals surface area contributed by atoms with Crippen LogP contribution in [-0.2, 0) is 16.0 Å². The Morgan fingerprint density at radius 3 is 2.87 bits per heavy atom. The molecular weight excluding hydrogens is 380 g/mol. The van der Waals surface area contributed by atoms with Crippen molar-refractivity contribution < 1.29 is 24.3 Å². The Morgan fingerprint density at radius 2 is 2.17 bits per heavy atom. The second-order valence-electron chi connectivity index (χ2n) is 8.65. The third-order valence-corrected chi connectivity index (χ3v) is 6.74. The summed E-state index contributed by atoms with van der Waals surface area (Å²) >= 11 is 0. The fourth-order valence-corrected chi connectivity index (χ4v) is 4.83. The molecule has 1 aliphatic heterocycles. The van der Waals surface area contributed by atoms with Crippen LogP contribution in [-0.4, -0.2) is 57.0 Å². The quantitative estimate of drug-likeness (QED) is 0.555. The van der Waals surface area contributed by atoms with Crippen LogP contribution in [0.4, 0.5) is 0 Å². The zero-order valence-corrected chi connectivity index (χ0v) is 18.6. The fraction of sp³-hybridized carbons (Fsp3) is 0.625. The van der Waals surface area contributed by atoms with Crippen LogP contribution in [0.1, 0.15) is 41.7 Å². The highest BCUT2D eigenvalue weighted by molar-refractivity contribution is 5.78. The van der Waals surface area contributed by atoms with E-state index in [-0.39, 0.29) is 17.7 Å². The van der Waals surface area contributed by atoms with Crippen LogP contribution >= 0.6 is 0 Å². The van der Waals surface area contributed by atoms with Crippen molar-refractivity contribution in [3.63, 3.8) is 0 Å². The van der Waals surface area contributed by atoms with E-state index in [1.807, 2.05) is 13.8 Å². The maximum Gasteiger partial charge on any atom is 0.223 e. The molecule has 0 bridgehead atoms. The summed E-state index contributed by atoms with van der Waals surface area (Å²) in [6.45, 7) is 15.3. The van der Waals surface area contributed by atoms with Gasteiger partial charge < -0.3 is 24.8 Å². The first-order valence-electron chi connectivity index (χ1n) is 11.2. The monoisotopic (exact) mass is 417 g/mol. The third kappa shape index (κ3) is 5.05. The van der Waals surface area contributed by atoms with Crippen LogP contribution in [0.2, 0.25) is 0 Å². The molecule has 1 aliphatic carbocycles. The average Bonchev–Trinajstić information content (AvgIpc) is 2.75. The number of aliphatic hydroxyl groups is 1. The van der Waals surface area contributed by atoms with E-state index in [0.29, 0.717) is 13.2 Å². The smallest absolute Gasteiger partial charge is 0.223 e. The number of ether oxygens (including phenoxy) is 2. The molecule has 0 saturated carbocycles. The molecule has 1 heterocycles. The van der Waals surface area contributed by atoms with E-state index in [2.05, 4.69) is 24.9 Å². The van der Waals surface area contributed by atoms with Crippen molar-refractivity contribution in [2.24, 2.45) is 11.8 Å². The van der Waals surface area contributed by atoms with E-state index in [4.69, 9.17) is 9.47 Å². The lowest BCUT2D eigenvalue weighted by molar-refractivity contribution is -0.906. The van der Waals surface area contributed by atoms with Gasteiger partial charge in [-0.15, -0.1) is 0 Å². The summed E-state index contributed by atoms with van der Waals surface area (Å²) in [6.07, 6.45) is 2.75. The number of carbonyl (C=O) groups excluding carboxylic acids is 1. The highest BCUT2D eigenvalue weighted by atomic mass is 16.5. The normalized spacial score (nSPS) is 22.8. The number of benzene rings is 1. The number of hydrogen-bond acceptors (Lipinski definition) is 4. The van der Waals surface area contributed by atoms with Crippen LogP contribution in [0.3, 0.4) is 0 Å². The number of morpholine rings is 1. The molecule has 6 heteroatoms. The Balaban J connectivity index is 1.65. The van der Waals surface area contributed by atoms with Crippen LogP contribution in [0.25, 0.3) is 0 Å². The van der Waals surface area contributed by atoms with Crippen molar-refractivity contribution in [1.82, 2.24) is 5.32 Å². The van der Waals surface area contributed by atoms with Gasteiger partial charge in [0.25, 0.3) is 0 Å². The Kier molecular flexibility index (Phi) is 7.92. The highest BCUT2D eigenvalue weighted by Gasteiger charge is 2.37. The summed E-state index contributed by atoms with van der Waals surface area (Å²) in [5, 5.41) is 14.3. The van der Waals surface area contributed by atoms with Gasteiger partial charge in [0.05, 0.1) is 32.4 Å². The lowest BCUT2D eigenvalue weighted by Crippen LogP contribution is -3.14. The van der Waals surface area contributed by atoms with E-state index in [9.17, 15) is 9.90 Å². The fourth-order valence-electron chi connectivity index (χ4n) is 4.83. The zero-order valence-electron chi connectivity index (χ0n) is 18.6. The minimum absolute atomic E-state index is 0.0311. The largest absolute Gasteiger partial charge is 0.489 e. The molecule has 0 aromatic heterocycles. The van der Waals surface area contributed by atoms with Crippen molar-refractivity contribution in [3.05, 3.63) is 41.0 Å². The summed E-state index contributed by atoms with van der Waals surface area (Å²) < 4.78 is 11.2. The number of nitrogens with one attached hydrogen (secondary N) is 2. The molecule has 0 spiro atoms. The Hall–Kier alpha value is -1.89. The van der Waals surface area contributed by atoms with Gasteiger partial charge in [-0.05, 0) is 55.0 Å². The van der Waals surface area contributed by atoms with Gasteiger partial charge in [-0.1, -0.05) is 19.6 Å². The third-order valence-electron chi connectivity index (χ3n) is 6.74. The van der Waals surface area contributed by atoms with Crippen LogP contribution < -0.4 is 15.0 Å². The highest BCUT2D eigenvalue weighted by Crippen LogP contribution is 2.43. The van der Waals surface area contributed by atoms with Crippen molar-refractivity contribution in [1.29, 1.82) is 0 Å². The van der Waals surface area contributed by atoms with E-state index in [0.717, 1.165) is 68.1 Å². The SMILES string of the molecule is C=CCOc1cc(C)c2c(c1C)[C@H](O)[C@@H]([C@H](C)C(=O)NCC[NH+]1CCOCC1)CC2. The van der Waals surface area contributed by atoms with Crippen molar-refractivity contribution >= 4 is 5.91 Å². The van der Waals surface area contributed by atoms with E-state index in [1.54, 1.807) is 6.08 Å². The number of hydrogen-bond donors (Lipinski definition) is 3. The van der Waals surface area contributed by atoms with Gasteiger partial charge in [-0.25, -0.2) is 0 Å². The lowest BCUT2D eigenvalue weighted by Gasteiger charge is -2.36. The number of amides is 1. The molecule has 0 unspecified atom stereocenters. The van der Waals surface area contributed by atoms with Crippen LogP contribution in [0.15, 0.2) is 18.7 Å². The molecule has 1 saturated heterocycles. The second-order valence-corrected chi connectivity index (χ2v) is 8.65. The topological polar surface area (TPSA) is 72.2 Å². The second kappa shape index (κ2) is 10.4. The van der Waals surface area contributed by atoms with Gasteiger partial charge in [0, 0.05) is 11.8 Å². The molecule has 166 valence electrons. The molecule has 1 amide bonds. The first kappa shape index (κ1) is 22.8. The molecule has 0 radical (unpaired) electrons. The number of quaternary nitrogens is 1. The maximum absolute atomic E-state index is 12.8. The predicted octanol–water partition coefficient (Wildman–Crippen LogP) is 1.13. The summed E-state index contributed by atoms with van der Waals surface area (Å²) in [5.41, 5.74) is 4.25. The molecule has 1 aromatic rings. The molecule has 30 heavy (non-hydrogen) atoms. The summed E-state index contributed by atoms with van der Waals surface area (Å²) in [7, 11) is 0. The standard InChI is InChI=1S/C24H36N2O4/c1-5-12-30-21-15-16(2)19-6-7-20(23(27)22(19)18(21)4)17(3)24(28)25-8-9-26-10-13-29-14-11-26/h5,15,17,20,23,27H,1,6-14H2,2-4H3,(H,25,28)/p+1/t17-,20+,23+/m0/s1. The first-order valence-corrected chi connectivity index (χ1v) is 11.2. The molecule has 3 N–H and O–H groups in total. The van der Waals surface area contributed by atoms with Crippen LogP contribution in [0.5, 0.6) is 5.75 Å². The summed E-state index contributed by atoms with van der Waals surface area (Å²) in [6, 6.07) is 2.05. The Bertz CT molecular complexity index is 758. The number of fused-ring (bicyclic) bond motifs is 1. The molecule has 2 aliphatic rings. The molecule has 6 nitrogen and oxygen atoms in total. The molecular formula is C24H37N2O4+. The Morgan fingerprint density at radius 1 is 1.43 bits per heavy atom. The predicted molar refractivity (Wildman–Crippen MR) is 117 cm³/mol. The van der Waals surface area contributed by atoms with Gasteiger partial charge in [-0.2, -0.15) is 0 Å². The van der Waals surface area contributed by atoms with Crippen molar-refractivity contribution in [2.75, 3.05) is 46.0 Å². The lowest BCUT2D eigenvalue weighted by atomic mass is 9.72. The number of rotatable bonds is 8. The van der Waals surface area contributed by atoms with Crippen molar-refractivity contribution in [3.8, 4) is 5.75 Å². The Labute approximate surface area is 180 Å². The number of aryl methyl sites for hydroxylation is 1. The zero-order chi connectivity index (χ0) is 21.7. The van der Waals surface area contributed by atoms with E-state index >= 15 is 0 Å². The minimum atomic E-state index is -0.662. The van der Waals surface area contributed by atoms with E-state index < -0.39 is 6.10 Å². The van der Waals surface area contributed by atoms with Gasteiger partial charge in [0.2, 0.25) is 5.91 Å². The van der Waals surface area contributed by atoms with Gasteiger partial charge in [0.15, 0.2) is 0 Å². The maximum atomic E-state index is 12.8. The number of carbonyl (C=O) groups is 1. The average molecular weight is 418 g/mol. The molecule has 1 fully saturated rings. The summed E-state index contributed by atoms with van der Waals surface area (Å²) in [5.74, 6) is 0.478. The van der Waals surface area contributed by atoms with Crippen molar-refractivity contribution in [2.45, 2.75) is 39.7 Å². The summed E-state index contributed by atoms with van der Waals surface area (Å²) in [4.78, 5) is 14.3. The molecule has 3 rings (SSSR count).